The third kappa shape index (κ3) is 4.73. The van der Waals surface area contributed by atoms with Crippen molar-refractivity contribution < 1.29 is 14.1 Å². The largest absolute Gasteiger partial charge is 0.444 e. The molecule has 1 aliphatic carbocycles. The molecular weight excluding hydrogens is 318 g/mol. The molecule has 2 aliphatic rings. The summed E-state index contributed by atoms with van der Waals surface area (Å²) in [6.07, 6.45) is 10.6. The van der Waals surface area contributed by atoms with Crippen LogP contribution >= 0.6 is 0 Å². The van der Waals surface area contributed by atoms with Crippen LogP contribution in [-0.2, 0) is 4.74 Å². The lowest BCUT2D eigenvalue weighted by Crippen LogP contribution is -2.47. The predicted octanol–water partition coefficient (Wildman–Crippen LogP) is 4.97. The molecule has 1 amide bonds. The SMILES string of the molecule is CC(C)(C)OC(=O)N1CCC1c1nc(C2CCCCCCCC2)no1. The topological polar surface area (TPSA) is 68.5 Å². The van der Waals surface area contributed by atoms with Gasteiger partial charge in [-0.05, 0) is 40.0 Å². The van der Waals surface area contributed by atoms with E-state index in [4.69, 9.17) is 9.26 Å². The Morgan fingerprint density at radius 2 is 1.72 bits per heavy atom. The Morgan fingerprint density at radius 1 is 1.08 bits per heavy atom. The van der Waals surface area contributed by atoms with E-state index in [1.54, 1.807) is 4.90 Å². The summed E-state index contributed by atoms with van der Waals surface area (Å²) in [6.45, 7) is 6.31. The van der Waals surface area contributed by atoms with Crippen molar-refractivity contribution in [3.63, 3.8) is 0 Å². The van der Waals surface area contributed by atoms with Gasteiger partial charge in [0.1, 0.15) is 11.6 Å². The van der Waals surface area contributed by atoms with Gasteiger partial charge in [0.05, 0.1) is 0 Å². The fraction of sp³-hybridized carbons (Fsp3) is 0.842. The van der Waals surface area contributed by atoms with Gasteiger partial charge in [0.15, 0.2) is 5.82 Å². The molecule has 25 heavy (non-hydrogen) atoms. The van der Waals surface area contributed by atoms with Crippen LogP contribution in [0, 0.1) is 0 Å². The molecule has 0 radical (unpaired) electrons. The molecule has 2 fully saturated rings. The Hall–Kier alpha value is -1.59. The van der Waals surface area contributed by atoms with Gasteiger partial charge in [-0.2, -0.15) is 4.98 Å². The first-order chi connectivity index (χ1) is 11.9. The molecule has 0 N–H and O–H groups in total. The molecule has 0 spiro atoms. The van der Waals surface area contributed by atoms with Crippen LogP contribution in [0.2, 0.25) is 0 Å². The van der Waals surface area contributed by atoms with Crippen molar-refractivity contribution in [2.45, 2.75) is 96.1 Å². The summed E-state index contributed by atoms with van der Waals surface area (Å²) in [5, 5.41) is 4.25. The Morgan fingerprint density at radius 3 is 2.28 bits per heavy atom. The second-order valence-electron chi connectivity index (χ2n) is 8.36. The average Bonchev–Trinajstić information content (AvgIpc) is 2.96. The minimum Gasteiger partial charge on any atom is -0.444 e. The number of rotatable bonds is 2. The number of carbonyl (C=O) groups excluding carboxylic acids is 1. The third-order valence-electron chi connectivity index (χ3n) is 5.11. The van der Waals surface area contributed by atoms with Crippen molar-refractivity contribution in [2.24, 2.45) is 0 Å². The van der Waals surface area contributed by atoms with Crippen molar-refractivity contribution in [3.8, 4) is 0 Å². The number of amides is 1. The zero-order chi connectivity index (χ0) is 17.9. The van der Waals surface area contributed by atoms with Crippen molar-refractivity contribution >= 4 is 6.09 Å². The van der Waals surface area contributed by atoms with Gasteiger partial charge in [0.2, 0.25) is 5.89 Å². The number of carbonyl (C=O) groups is 1. The minimum absolute atomic E-state index is 0.132. The van der Waals surface area contributed by atoms with Crippen LogP contribution in [0.25, 0.3) is 0 Å². The molecule has 140 valence electrons. The summed E-state index contributed by atoms with van der Waals surface area (Å²) in [4.78, 5) is 18.6. The highest BCUT2D eigenvalue weighted by molar-refractivity contribution is 5.69. The maximum atomic E-state index is 12.3. The number of nitrogens with zero attached hydrogens (tertiary/aromatic N) is 3. The molecule has 1 saturated carbocycles. The Bertz CT molecular complexity index is 569. The van der Waals surface area contributed by atoms with E-state index < -0.39 is 5.60 Å². The Balaban J connectivity index is 1.63. The molecule has 1 atom stereocenters. The van der Waals surface area contributed by atoms with Crippen LogP contribution in [0.5, 0.6) is 0 Å². The van der Waals surface area contributed by atoms with Gasteiger partial charge in [-0.15, -0.1) is 0 Å². The first-order valence-corrected chi connectivity index (χ1v) is 9.77. The van der Waals surface area contributed by atoms with Crippen LogP contribution in [0.3, 0.4) is 0 Å². The second kappa shape index (κ2) is 7.75. The summed E-state index contributed by atoms with van der Waals surface area (Å²) in [7, 11) is 0. The normalized spacial score (nSPS) is 23.3. The van der Waals surface area contributed by atoms with Gasteiger partial charge in [0, 0.05) is 12.5 Å². The number of ether oxygens (including phenoxy) is 1. The molecule has 1 saturated heterocycles. The third-order valence-corrected chi connectivity index (χ3v) is 5.11. The van der Waals surface area contributed by atoms with E-state index in [0.29, 0.717) is 18.4 Å². The highest BCUT2D eigenvalue weighted by Gasteiger charge is 2.40. The molecule has 2 heterocycles. The molecule has 3 rings (SSSR count). The summed E-state index contributed by atoms with van der Waals surface area (Å²) in [5.41, 5.74) is -0.491. The van der Waals surface area contributed by atoms with E-state index in [1.807, 2.05) is 20.8 Å². The molecular formula is C19H31N3O3. The highest BCUT2D eigenvalue weighted by Crippen LogP contribution is 2.35. The summed E-state index contributed by atoms with van der Waals surface area (Å²) in [6, 6.07) is -0.132. The molecule has 6 heteroatoms. The van der Waals surface area contributed by atoms with E-state index in [-0.39, 0.29) is 12.1 Å². The summed E-state index contributed by atoms with van der Waals surface area (Å²) in [5.74, 6) is 1.78. The Labute approximate surface area is 150 Å². The van der Waals surface area contributed by atoms with Gasteiger partial charge in [0.25, 0.3) is 0 Å². The van der Waals surface area contributed by atoms with Crippen LogP contribution in [0.4, 0.5) is 4.79 Å². The van der Waals surface area contributed by atoms with E-state index >= 15 is 0 Å². The van der Waals surface area contributed by atoms with E-state index in [0.717, 1.165) is 25.1 Å². The fourth-order valence-electron chi connectivity index (χ4n) is 3.62. The number of hydrogen-bond acceptors (Lipinski definition) is 5. The van der Waals surface area contributed by atoms with E-state index in [1.165, 1.54) is 38.5 Å². The number of aromatic nitrogens is 2. The average molecular weight is 349 g/mol. The summed E-state index contributed by atoms with van der Waals surface area (Å²) < 4.78 is 11.0. The smallest absolute Gasteiger partial charge is 0.410 e. The van der Waals surface area contributed by atoms with Gasteiger partial charge in [-0.25, -0.2) is 4.79 Å². The molecule has 1 aromatic heterocycles. The zero-order valence-electron chi connectivity index (χ0n) is 15.8. The number of hydrogen-bond donors (Lipinski definition) is 0. The van der Waals surface area contributed by atoms with Gasteiger partial charge in [-0.3, -0.25) is 4.90 Å². The maximum Gasteiger partial charge on any atom is 0.410 e. The lowest BCUT2D eigenvalue weighted by atomic mass is 9.96. The molecule has 0 bridgehead atoms. The number of likely N-dealkylation sites (tertiary alicyclic amines) is 1. The fourth-order valence-corrected chi connectivity index (χ4v) is 3.62. The molecule has 1 unspecified atom stereocenters. The van der Waals surface area contributed by atoms with E-state index in [2.05, 4.69) is 10.1 Å². The first kappa shape index (κ1) is 18.2. The van der Waals surface area contributed by atoms with Crippen molar-refractivity contribution in [1.29, 1.82) is 0 Å². The maximum absolute atomic E-state index is 12.3. The standard InChI is InChI=1S/C19H31N3O3/c1-19(2,3)24-18(23)22-13-12-15(22)17-20-16(21-25-17)14-10-8-6-4-5-7-9-11-14/h14-15H,4-13H2,1-3H3. The van der Waals surface area contributed by atoms with Crippen molar-refractivity contribution in [2.75, 3.05) is 6.54 Å². The molecule has 0 aromatic carbocycles. The van der Waals surface area contributed by atoms with Crippen molar-refractivity contribution in [1.82, 2.24) is 15.0 Å². The molecule has 1 aromatic rings. The molecule has 1 aliphatic heterocycles. The van der Waals surface area contributed by atoms with Crippen LogP contribution < -0.4 is 0 Å². The Kier molecular flexibility index (Phi) is 5.64. The lowest BCUT2D eigenvalue weighted by Gasteiger charge is -2.39. The van der Waals surface area contributed by atoms with Gasteiger partial charge in [-0.1, -0.05) is 43.7 Å². The minimum atomic E-state index is -0.491. The quantitative estimate of drug-likeness (QED) is 0.754. The lowest BCUT2D eigenvalue weighted by molar-refractivity contribution is -0.0119. The van der Waals surface area contributed by atoms with Gasteiger partial charge < -0.3 is 9.26 Å². The highest BCUT2D eigenvalue weighted by atomic mass is 16.6. The zero-order valence-corrected chi connectivity index (χ0v) is 15.8. The van der Waals surface area contributed by atoms with Gasteiger partial charge >= 0.3 is 6.09 Å². The monoisotopic (exact) mass is 349 g/mol. The van der Waals surface area contributed by atoms with Crippen LogP contribution in [0.1, 0.15) is 102 Å². The summed E-state index contributed by atoms with van der Waals surface area (Å²) >= 11 is 0. The van der Waals surface area contributed by atoms with Crippen molar-refractivity contribution in [3.05, 3.63) is 11.7 Å². The molecule has 6 nitrogen and oxygen atoms in total. The first-order valence-electron chi connectivity index (χ1n) is 9.77. The van der Waals surface area contributed by atoms with E-state index in [9.17, 15) is 4.79 Å². The van der Waals surface area contributed by atoms with Crippen LogP contribution in [-0.4, -0.2) is 33.3 Å². The second-order valence-corrected chi connectivity index (χ2v) is 8.36. The predicted molar refractivity (Wildman–Crippen MR) is 94.3 cm³/mol. The van der Waals surface area contributed by atoms with Crippen LogP contribution in [0.15, 0.2) is 4.52 Å².